The quantitative estimate of drug-likeness (QED) is 0.628. The number of hydrogen-bond acceptors (Lipinski definition) is 2. The fourth-order valence-corrected chi connectivity index (χ4v) is 1.72. The Labute approximate surface area is 73.0 Å². The van der Waals surface area contributed by atoms with Crippen molar-refractivity contribution in [2.45, 2.75) is 18.9 Å². The first kappa shape index (κ1) is 9.68. The molecular weight excluding hydrogens is 157 g/mol. The van der Waals surface area contributed by atoms with Gasteiger partial charge in [0.05, 0.1) is 12.9 Å². The molecule has 12 heavy (non-hydrogen) atoms. The minimum atomic E-state index is -0.0212. The lowest BCUT2D eigenvalue weighted by atomic mass is 9.99. The number of hydrogen-bond donors (Lipinski definition) is 0. The van der Waals surface area contributed by atoms with E-state index < -0.39 is 0 Å². The van der Waals surface area contributed by atoms with Gasteiger partial charge in [0.15, 0.2) is 0 Å². The number of nitrogens with zero attached hydrogens (tertiary/aromatic N) is 1. The van der Waals surface area contributed by atoms with Gasteiger partial charge in [-0.25, -0.2) is 4.39 Å². The molecular formula is C9H16FNO. The molecule has 0 aliphatic carbocycles. The van der Waals surface area contributed by atoms with Gasteiger partial charge in [-0.1, -0.05) is 0 Å². The molecule has 0 radical (unpaired) electrons. The van der Waals surface area contributed by atoms with Gasteiger partial charge in [-0.3, -0.25) is 4.90 Å². The molecule has 1 aliphatic rings. The molecule has 1 atom stereocenters. The molecule has 0 aromatic rings. The maximum absolute atomic E-state index is 12.2. The van der Waals surface area contributed by atoms with Crippen LogP contribution in [0.1, 0.15) is 13.3 Å². The minimum Gasteiger partial charge on any atom is -0.383 e. The summed E-state index contributed by atoms with van der Waals surface area (Å²) >= 11 is 0. The molecule has 3 heteroatoms. The van der Waals surface area contributed by atoms with Crippen molar-refractivity contribution < 1.29 is 9.13 Å². The second-order valence-corrected chi connectivity index (χ2v) is 3.73. The highest BCUT2D eigenvalue weighted by molar-refractivity contribution is 5.14. The van der Waals surface area contributed by atoms with E-state index in [-0.39, 0.29) is 5.54 Å². The maximum atomic E-state index is 12.2. The standard InChI is InChI=1S/C9H16FNO/c1-9(7-12-3)4-8(5-10)6-11(9)2/h5H,4,6-7H2,1-3H3/b8-5+/t9-/m0/s1. The Balaban J connectivity index is 2.67. The van der Waals surface area contributed by atoms with Gasteiger partial charge in [0.25, 0.3) is 0 Å². The first-order valence-electron chi connectivity index (χ1n) is 4.11. The fourth-order valence-electron chi connectivity index (χ4n) is 1.72. The van der Waals surface area contributed by atoms with Crippen LogP contribution in [0.3, 0.4) is 0 Å². The van der Waals surface area contributed by atoms with E-state index in [0.29, 0.717) is 6.61 Å². The summed E-state index contributed by atoms with van der Waals surface area (Å²) < 4.78 is 17.3. The van der Waals surface area contributed by atoms with E-state index in [1.165, 1.54) is 0 Å². The molecule has 0 N–H and O–H groups in total. The molecule has 1 saturated heterocycles. The molecule has 0 saturated carbocycles. The highest BCUT2D eigenvalue weighted by Gasteiger charge is 2.36. The molecule has 0 bridgehead atoms. The highest BCUT2D eigenvalue weighted by Crippen LogP contribution is 2.31. The van der Waals surface area contributed by atoms with Crippen LogP contribution in [-0.4, -0.2) is 37.7 Å². The lowest BCUT2D eigenvalue weighted by molar-refractivity contribution is 0.0660. The summed E-state index contributed by atoms with van der Waals surface area (Å²) in [5.41, 5.74) is 0.837. The van der Waals surface area contributed by atoms with Crippen LogP contribution in [0.4, 0.5) is 4.39 Å². The Kier molecular flexibility index (Phi) is 2.85. The number of likely N-dealkylation sites (tertiary alicyclic amines) is 1. The van der Waals surface area contributed by atoms with E-state index in [2.05, 4.69) is 11.8 Å². The number of ether oxygens (including phenoxy) is 1. The van der Waals surface area contributed by atoms with Gasteiger partial charge in [0.2, 0.25) is 0 Å². The Morgan fingerprint density at radius 2 is 2.42 bits per heavy atom. The molecule has 1 aliphatic heterocycles. The molecule has 0 unspecified atom stereocenters. The number of methoxy groups -OCH3 is 1. The smallest absolute Gasteiger partial charge is 0.0872 e. The monoisotopic (exact) mass is 173 g/mol. The highest BCUT2D eigenvalue weighted by atomic mass is 19.1. The van der Waals surface area contributed by atoms with Gasteiger partial charge >= 0.3 is 0 Å². The average Bonchev–Trinajstić information content (AvgIpc) is 2.29. The summed E-state index contributed by atoms with van der Waals surface area (Å²) in [6, 6.07) is 0. The molecule has 0 amide bonds. The van der Waals surface area contributed by atoms with Crippen LogP contribution in [0.5, 0.6) is 0 Å². The lowest BCUT2D eigenvalue weighted by Crippen LogP contribution is -2.42. The van der Waals surface area contributed by atoms with E-state index in [9.17, 15) is 4.39 Å². The van der Waals surface area contributed by atoms with Gasteiger partial charge in [-0.05, 0) is 26.0 Å². The lowest BCUT2D eigenvalue weighted by Gasteiger charge is -2.30. The third-order valence-electron chi connectivity index (χ3n) is 2.58. The molecule has 0 spiro atoms. The van der Waals surface area contributed by atoms with Crippen LogP contribution >= 0.6 is 0 Å². The van der Waals surface area contributed by atoms with E-state index in [1.807, 2.05) is 7.05 Å². The Morgan fingerprint density at radius 3 is 2.83 bits per heavy atom. The van der Waals surface area contributed by atoms with Gasteiger partial charge < -0.3 is 4.74 Å². The molecule has 1 rings (SSSR count). The number of rotatable bonds is 2. The van der Waals surface area contributed by atoms with Crippen molar-refractivity contribution in [2.24, 2.45) is 0 Å². The zero-order chi connectivity index (χ0) is 9.19. The molecule has 2 nitrogen and oxygen atoms in total. The second-order valence-electron chi connectivity index (χ2n) is 3.73. The van der Waals surface area contributed by atoms with Crippen LogP contribution < -0.4 is 0 Å². The molecule has 0 aromatic carbocycles. The third-order valence-corrected chi connectivity index (χ3v) is 2.58. The summed E-state index contributed by atoms with van der Waals surface area (Å²) in [4.78, 5) is 2.13. The van der Waals surface area contributed by atoms with Crippen LogP contribution in [0, 0.1) is 0 Å². The first-order valence-corrected chi connectivity index (χ1v) is 4.11. The minimum absolute atomic E-state index is 0.0212. The van der Waals surface area contributed by atoms with Crippen LogP contribution in [0.25, 0.3) is 0 Å². The zero-order valence-corrected chi connectivity index (χ0v) is 7.93. The first-order chi connectivity index (χ1) is 5.62. The van der Waals surface area contributed by atoms with Crippen molar-refractivity contribution in [1.82, 2.24) is 4.90 Å². The van der Waals surface area contributed by atoms with Crippen LogP contribution in [0.2, 0.25) is 0 Å². The second kappa shape index (κ2) is 3.54. The Hall–Kier alpha value is -0.410. The molecule has 1 heterocycles. The summed E-state index contributed by atoms with van der Waals surface area (Å²) in [7, 11) is 3.67. The summed E-state index contributed by atoms with van der Waals surface area (Å²) in [5, 5.41) is 0. The number of halogens is 1. The van der Waals surface area contributed by atoms with Crippen molar-refractivity contribution in [3.05, 3.63) is 11.9 Å². The predicted octanol–water partition coefficient (Wildman–Crippen LogP) is 1.58. The van der Waals surface area contributed by atoms with Gasteiger partial charge in [-0.15, -0.1) is 0 Å². The van der Waals surface area contributed by atoms with E-state index in [0.717, 1.165) is 24.9 Å². The number of likely N-dealkylation sites (N-methyl/N-ethyl adjacent to an activating group) is 1. The van der Waals surface area contributed by atoms with Gasteiger partial charge in [0, 0.05) is 19.2 Å². The average molecular weight is 173 g/mol. The van der Waals surface area contributed by atoms with Crippen molar-refractivity contribution in [1.29, 1.82) is 0 Å². The maximum Gasteiger partial charge on any atom is 0.0872 e. The Bertz CT molecular complexity index is 193. The normalized spacial score (nSPS) is 34.8. The predicted molar refractivity (Wildman–Crippen MR) is 46.7 cm³/mol. The summed E-state index contributed by atoms with van der Waals surface area (Å²) in [6.45, 7) is 3.46. The SMILES string of the molecule is COC[C@]1(C)C/C(=C\F)CN1C. The van der Waals surface area contributed by atoms with E-state index in [1.54, 1.807) is 7.11 Å². The molecule has 0 aromatic heterocycles. The fraction of sp³-hybridized carbons (Fsp3) is 0.778. The van der Waals surface area contributed by atoms with Crippen molar-refractivity contribution in [3.63, 3.8) is 0 Å². The van der Waals surface area contributed by atoms with Crippen molar-refractivity contribution >= 4 is 0 Å². The largest absolute Gasteiger partial charge is 0.383 e. The van der Waals surface area contributed by atoms with Crippen molar-refractivity contribution in [2.75, 3.05) is 27.3 Å². The van der Waals surface area contributed by atoms with Crippen LogP contribution in [0.15, 0.2) is 11.9 Å². The van der Waals surface area contributed by atoms with E-state index in [4.69, 9.17) is 4.74 Å². The third kappa shape index (κ3) is 1.67. The molecule has 70 valence electrons. The molecule has 1 fully saturated rings. The van der Waals surface area contributed by atoms with Gasteiger partial charge in [0.1, 0.15) is 0 Å². The van der Waals surface area contributed by atoms with Crippen LogP contribution in [-0.2, 0) is 4.74 Å². The Morgan fingerprint density at radius 1 is 1.75 bits per heavy atom. The van der Waals surface area contributed by atoms with Gasteiger partial charge in [-0.2, -0.15) is 0 Å². The summed E-state index contributed by atoms with van der Waals surface area (Å²) in [6.07, 6.45) is 1.49. The van der Waals surface area contributed by atoms with E-state index >= 15 is 0 Å². The topological polar surface area (TPSA) is 12.5 Å². The zero-order valence-electron chi connectivity index (χ0n) is 7.93. The van der Waals surface area contributed by atoms with Crippen molar-refractivity contribution in [3.8, 4) is 0 Å². The summed E-state index contributed by atoms with van der Waals surface area (Å²) in [5.74, 6) is 0.